The lowest BCUT2D eigenvalue weighted by atomic mass is 10.1. The van der Waals surface area contributed by atoms with Gasteiger partial charge < -0.3 is 10.0 Å². The van der Waals surface area contributed by atoms with Gasteiger partial charge in [-0.2, -0.15) is 0 Å². The average molecular weight is 381 g/mol. The van der Waals surface area contributed by atoms with Gasteiger partial charge in [-0.3, -0.25) is 4.98 Å². The predicted molar refractivity (Wildman–Crippen MR) is 99.9 cm³/mol. The number of nitrogens with zero attached hydrogens (tertiary/aromatic N) is 5. The molecule has 0 unspecified atom stereocenters. The molecule has 0 saturated heterocycles. The molecule has 0 atom stereocenters. The molecular formula is C18H12FN5O2S. The fourth-order valence-electron chi connectivity index (χ4n) is 2.56. The standard InChI is InChI=1S/C18H12FN5O2S/c1-24(12-3-2-8-20-9-12)15-13(10-4-6-11(19)7-5-10)21-14-16(23-15)27-17(22-14)18(25)26/h2-9H,1H3,(H,25,26). The molecule has 3 heterocycles. The number of aromatic nitrogens is 4. The van der Waals surface area contributed by atoms with E-state index in [-0.39, 0.29) is 16.5 Å². The van der Waals surface area contributed by atoms with Crippen LogP contribution < -0.4 is 4.90 Å². The quantitative estimate of drug-likeness (QED) is 0.575. The van der Waals surface area contributed by atoms with Crippen LogP contribution in [-0.4, -0.2) is 38.1 Å². The Hall–Kier alpha value is -3.46. The van der Waals surface area contributed by atoms with E-state index in [0.29, 0.717) is 21.9 Å². The van der Waals surface area contributed by atoms with Gasteiger partial charge in [-0.1, -0.05) is 11.3 Å². The summed E-state index contributed by atoms with van der Waals surface area (Å²) in [5.41, 5.74) is 2.12. The summed E-state index contributed by atoms with van der Waals surface area (Å²) in [7, 11) is 1.80. The third-order valence-electron chi connectivity index (χ3n) is 3.88. The molecule has 0 saturated carbocycles. The van der Waals surface area contributed by atoms with E-state index in [0.717, 1.165) is 17.0 Å². The lowest BCUT2D eigenvalue weighted by Crippen LogP contribution is -2.13. The summed E-state index contributed by atoms with van der Waals surface area (Å²) in [4.78, 5) is 30.7. The third kappa shape index (κ3) is 3.20. The summed E-state index contributed by atoms with van der Waals surface area (Å²) < 4.78 is 13.3. The van der Waals surface area contributed by atoms with E-state index < -0.39 is 5.97 Å². The number of pyridine rings is 1. The van der Waals surface area contributed by atoms with Crippen molar-refractivity contribution in [1.29, 1.82) is 0 Å². The second-order valence-corrected chi connectivity index (χ2v) is 6.60. The highest BCUT2D eigenvalue weighted by atomic mass is 32.1. The number of halogens is 1. The molecule has 134 valence electrons. The van der Waals surface area contributed by atoms with Gasteiger partial charge in [0, 0.05) is 18.8 Å². The summed E-state index contributed by atoms with van der Waals surface area (Å²) in [5, 5.41) is 9.10. The number of carbonyl (C=O) groups is 1. The van der Waals surface area contributed by atoms with E-state index in [4.69, 9.17) is 0 Å². The molecule has 1 aromatic carbocycles. The maximum atomic E-state index is 13.3. The summed E-state index contributed by atoms with van der Waals surface area (Å²) in [5.74, 6) is -1.01. The van der Waals surface area contributed by atoms with Crippen LogP contribution in [0.3, 0.4) is 0 Å². The maximum absolute atomic E-state index is 13.3. The van der Waals surface area contributed by atoms with E-state index in [9.17, 15) is 14.3 Å². The van der Waals surface area contributed by atoms with Crippen LogP contribution in [0.1, 0.15) is 9.80 Å². The highest BCUT2D eigenvalue weighted by molar-refractivity contribution is 7.19. The molecule has 0 aliphatic carbocycles. The number of carboxylic acids is 1. The van der Waals surface area contributed by atoms with E-state index >= 15 is 0 Å². The van der Waals surface area contributed by atoms with Crippen molar-refractivity contribution in [2.24, 2.45) is 0 Å². The van der Waals surface area contributed by atoms with Crippen LogP contribution in [0.2, 0.25) is 0 Å². The Bertz CT molecular complexity index is 1130. The minimum Gasteiger partial charge on any atom is -0.476 e. The average Bonchev–Trinajstić information content (AvgIpc) is 3.11. The molecule has 0 bridgehead atoms. The van der Waals surface area contributed by atoms with Gasteiger partial charge in [0.2, 0.25) is 5.01 Å². The Morgan fingerprint density at radius 1 is 1.15 bits per heavy atom. The molecule has 0 amide bonds. The van der Waals surface area contributed by atoms with Crippen LogP contribution in [0.25, 0.3) is 21.7 Å². The van der Waals surface area contributed by atoms with E-state index in [1.54, 1.807) is 42.5 Å². The van der Waals surface area contributed by atoms with Crippen molar-refractivity contribution in [2.45, 2.75) is 0 Å². The Labute approximate surface area is 156 Å². The predicted octanol–water partition coefficient (Wildman–Crippen LogP) is 3.75. The van der Waals surface area contributed by atoms with Crippen molar-refractivity contribution in [2.75, 3.05) is 11.9 Å². The SMILES string of the molecule is CN(c1cccnc1)c1nc2sc(C(=O)O)nc2nc1-c1ccc(F)cc1. The number of rotatable bonds is 4. The van der Waals surface area contributed by atoms with Crippen LogP contribution in [0, 0.1) is 5.82 Å². The van der Waals surface area contributed by atoms with Gasteiger partial charge in [0.1, 0.15) is 11.5 Å². The van der Waals surface area contributed by atoms with E-state index in [1.807, 2.05) is 6.07 Å². The number of thiazole rings is 1. The zero-order valence-electron chi connectivity index (χ0n) is 14.0. The number of anilines is 2. The Kier molecular flexibility index (Phi) is 4.21. The molecule has 0 radical (unpaired) electrons. The molecule has 7 nitrogen and oxygen atoms in total. The second-order valence-electron chi connectivity index (χ2n) is 5.63. The first-order chi connectivity index (χ1) is 13.0. The van der Waals surface area contributed by atoms with Gasteiger partial charge in [0.25, 0.3) is 0 Å². The fourth-order valence-corrected chi connectivity index (χ4v) is 3.27. The first-order valence-corrected chi connectivity index (χ1v) is 8.66. The topological polar surface area (TPSA) is 92.1 Å². The monoisotopic (exact) mass is 381 g/mol. The summed E-state index contributed by atoms with van der Waals surface area (Å²) in [6.45, 7) is 0. The lowest BCUT2D eigenvalue weighted by Gasteiger charge is -2.20. The Morgan fingerprint density at radius 3 is 2.59 bits per heavy atom. The highest BCUT2D eigenvalue weighted by Crippen LogP contribution is 2.34. The number of benzene rings is 1. The van der Waals surface area contributed by atoms with Gasteiger partial charge in [0.05, 0.1) is 11.9 Å². The molecule has 27 heavy (non-hydrogen) atoms. The smallest absolute Gasteiger partial charge is 0.365 e. The Balaban J connectivity index is 1.94. The molecule has 3 aromatic heterocycles. The van der Waals surface area contributed by atoms with Crippen LogP contribution in [0.4, 0.5) is 15.9 Å². The molecule has 0 aliphatic heterocycles. The Morgan fingerprint density at radius 2 is 1.93 bits per heavy atom. The number of carboxylic acid groups (broad SMARTS) is 1. The van der Waals surface area contributed by atoms with Crippen molar-refractivity contribution < 1.29 is 14.3 Å². The zero-order valence-corrected chi connectivity index (χ0v) is 14.8. The number of fused-ring (bicyclic) bond motifs is 1. The van der Waals surface area contributed by atoms with Crippen molar-refractivity contribution >= 4 is 39.3 Å². The number of aromatic carboxylic acids is 1. The molecule has 0 aliphatic rings. The van der Waals surface area contributed by atoms with E-state index in [1.165, 1.54) is 12.1 Å². The molecule has 1 N–H and O–H groups in total. The van der Waals surface area contributed by atoms with Gasteiger partial charge >= 0.3 is 5.97 Å². The van der Waals surface area contributed by atoms with Crippen LogP contribution in [0.5, 0.6) is 0 Å². The van der Waals surface area contributed by atoms with Gasteiger partial charge in [-0.15, -0.1) is 0 Å². The van der Waals surface area contributed by atoms with Crippen LogP contribution in [0.15, 0.2) is 48.8 Å². The second kappa shape index (κ2) is 6.69. The molecule has 0 fully saturated rings. The van der Waals surface area contributed by atoms with Crippen LogP contribution >= 0.6 is 11.3 Å². The lowest BCUT2D eigenvalue weighted by molar-refractivity contribution is 0.0696. The van der Waals surface area contributed by atoms with Crippen molar-refractivity contribution in [1.82, 2.24) is 19.9 Å². The van der Waals surface area contributed by atoms with Gasteiger partial charge in [-0.25, -0.2) is 24.1 Å². The normalized spacial score (nSPS) is 10.9. The zero-order chi connectivity index (χ0) is 19.0. The largest absolute Gasteiger partial charge is 0.476 e. The number of hydrogen-bond acceptors (Lipinski definition) is 7. The first-order valence-electron chi connectivity index (χ1n) is 7.84. The fraction of sp³-hybridized carbons (Fsp3) is 0.0556. The summed E-state index contributed by atoms with van der Waals surface area (Å²) in [6.07, 6.45) is 3.34. The van der Waals surface area contributed by atoms with Crippen molar-refractivity contribution in [3.8, 4) is 11.3 Å². The van der Waals surface area contributed by atoms with Crippen LogP contribution in [-0.2, 0) is 0 Å². The molecule has 0 spiro atoms. The van der Waals surface area contributed by atoms with Gasteiger partial charge in [0.15, 0.2) is 16.3 Å². The van der Waals surface area contributed by atoms with Crippen molar-refractivity contribution in [3.05, 3.63) is 59.6 Å². The third-order valence-corrected chi connectivity index (χ3v) is 4.81. The maximum Gasteiger partial charge on any atom is 0.365 e. The minimum atomic E-state index is -1.13. The molecular weight excluding hydrogens is 369 g/mol. The molecule has 4 rings (SSSR count). The van der Waals surface area contributed by atoms with Gasteiger partial charge in [-0.05, 0) is 36.4 Å². The number of hydrogen-bond donors (Lipinski definition) is 1. The molecule has 9 heteroatoms. The summed E-state index contributed by atoms with van der Waals surface area (Å²) in [6, 6.07) is 9.51. The highest BCUT2D eigenvalue weighted by Gasteiger charge is 2.20. The van der Waals surface area contributed by atoms with E-state index in [2.05, 4.69) is 19.9 Å². The molecule has 4 aromatic rings. The summed E-state index contributed by atoms with van der Waals surface area (Å²) >= 11 is 0.952. The minimum absolute atomic E-state index is 0.0868. The first kappa shape index (κ1) is 17.0. The van der Waals surface area contributed by atoms with Crippen molar-refractivity contribution in [3.63, 3.8) is 0 Å².